The number of rotatable bonds is 9. The molecule has 7 heteroatoms. The molecule has 0 aliphatic carbocycles. The average molecular weight is 482 g/mol. The fourth-order valence-corrected chi connectivity index (χ4v) is 5.17. The molecule has 0 saturated carbocycles. The Bertz CT molecular complexity index is 1100. The molecule has 2 heterocycles. The van der Waals surface area contributed by atoms with Crippen LogP contribution in [0.4, 0.5) is 5.13 Å². The number of morpholine rings is 1. The lowest BCUT2D eigenvalue weighted by Crippen LogP contribution is -2.40. The molecular formula is C27H35N3O3S. The van der Waals surface area contributed by atoms with Gasteiger partial charge in [0.05, 0.1) is 23.4 Å². The zero-order valence-electron chi connectivity index (χ0n) is 20.7. The lowest BCUT2D eigenvalue weighted by molar-refractivity contribution is -0.120. The van der Waals surface area contributed by atoms with Gasteiger partial charge in [0.2, 0.25) is 0 Å². The highest BCUT2D eigenvalue weighted by Crippen LogP contribution is 2.32. The number of hydrogen-bond donors (Lipinski definition) is 0. The van der Waals surface area contributed by atoms with Gasteiger partial charge in [-0.15, -0.1) is 0 Å². The average Bonchev–Trinajstić information content (AvgIpc) is 3.28. The van der Waals surface area contributed by atoms with Crippen molar-refractivity contribution in [2.75, 3.05) is 50.9 Å². The number of carbonyl (C=O) groups is 1. The highest BCUT2D eigenvalue weighted by molar-refractivity contribution is 7.22. The number of fused-ring (bicyclic) bond motifs is 1. The zero-order valence-corrected chi connectivity index (χ0v) is 21.5. The second kappa shape index (κ2) is 11.3. The van der Waals surface area contributed by atoms with E-state index in [-0.39, 0.29) is 12.5 Å². The van der Waals surface area contributed by atoms with Crippen molar-refractivity contribution in [1.29, 1.82) is 0 Å². The summed E-state index contributed by atoms with van der Waals surface area (Å²) >= 11 is 1.57. The van der Waals surface area contributed by atoms with Gasteiger partial charge in [-0.3, -0.25) is 14.6 Å². The van der Waals surface area contributed by atoms with Crippen LogP contribution in [0.3, 0.4) is 0 Å². The third-order valence-electron chi connectivity index (χ3n) is 6.47. The Morgan fingerprint density at radius 1 is 1.15 bits per heavy atom. The second-order valence-electron chi connectivity index (χ2n) is 9.22. The molecule has 0 N–H and O–H groups in total. The normalized spacial score (nSPS) is 14.6. The molecule has 6 nitrogen and oxygen atoms in total. The summed E-state index contributed by atoms with van der Waals surface area (Å²) in [6, 6.07) is 12.2. The Hall–Kier alpha value is -2.48. The zero-order chi connectivity index (χ0) is 24.1. The highest BCUT2D eigenvalue weighted by Gasteiger charge is 2.22. The van der Waals surface area contributed by atoms with Gasteiger partial charge in [0.15, 0.2) is 11.7 Å². The summed E-state index contributed by atoms with van der Waals surface area (Å²) in [6.07, 6.45) is 0.878. The summed E-state index contributed by atoms with van der Waals surface area (Å²) in [5.74, 6) is 1.11. The monoisotopic (exact) mass is 481 g/mol. The van der Waals surface area contributed by atoms with Crippen LogP contribution in [0.5, 0.6) is 5.75 Å². The first-order valence-corrected chi connectivity index (χ1v) is 12.9. The highest BCUT2D eigenvalue weighted by atomic mass is 32.1. The fourth-order valence-electron chi connectivity index (χ4n) is 4.11. The van der Waals surface area contributed by atoms with Crippen molar-refractivity contribution in [1.82, 2.24) is 9.88 Å². The minimum absolute atomic E-state index is 0.00743. The van der Waals surface area contributed by atoms with E-state index < -0.39 is 0 Å². The SMILES string of the molecule is Cc1ccc2sc(N(CCCN3CCOCC3)C(=O)COc3ccc(C(C)C)cc3)nc2c1C. The van der Waals surface area contributed by atoms with Gasteiger partial charge < -0.3 is 9.47 Å². The van der Waals surface area contributed by atoms with Gasteiger partial charge in [0.1, 0.15) is 5.75 Å². The number of carbonyl (C=O) groups excluding carboxylic acids is 1. The lowest BCUT2D eigenvalue weighted by Gasteiger charge is -2.27. The maximum absolute atomic E-state index is 13.3. The number of benzene rings is 2. The van der Waals surface area contributed by atoms with Gasteiger partial charge in [-0.05, 0) is 61.1 Å². The molecular weight excluding hydrogens is 446 g/mol. The number of ether oxygens (including phenoxy) is 2. The van der Waals surface area contributed by atoms with Crippen molar-refractivity contribution < 1.29 is 14.3 Å². The number of nitrogens with zero attached hydrogens (tertiary/aromatic N) is 3. The van der Waals surface area contributed by atoms with Gasteiger partial charge in [0.25, 0.3) is 5.91 Å². The molecule has 1 aromatic heterocycles. The summed E-state index contributed by atoms with van der Waals surface area (Å²) in [5, 5.41) is 0.745. The van der Waals surface area contributed by atoms with Crippen molar-refractivity contribution in [2.24, 2.45) is 0 Å². The first kappa shape index (κ1) is 24.6. The predicted octanol–water partition coefficient (Wildman–Crippen LogP) is 5.17. The number of amides is 1. The summed E-state index contributed by atoms with van der Waals surface area (Å²) in [6.45, 7) is 13.5. The Balaban J connectivity index is 1.48. The van der Waals surface area contributed by atoms with Crippen molar-refractivity contribution in [3.05, 3.63) is 53.1 Å². The van der Waals surface area contributed by atoms with E-state index in [4.69, 9.17) is 14.5 Å². The Morgan fingerprint density at radius 3 is 2.59 bits per heavy atom. The van der Waals surface area contributed by atoms with Crippen molar-refractivity contribution in [3.8, 4) is 5.75 Å². The summed E-state index contributed by atoms with van der Waals surface area (Å²) in [4.78, 5) is 22.4. The molecule has 4 rings (SSSR count). The predicted molar refractivity (Wildman–Crippen MR) is 139 cm³/mol. The van der Waals surface area contributed by atoms with Crippen LogP contribution in [0, 0.1) is 13.8 Å². The van der Waals surface area contributed by atoms with E-state index in [1.54, 1.807) is 11.3 Å². The van der Waals surface area contributed by atoms with Gasteiger partial charge in [0, 0.05) is 26.2 Å². The number of anilines is 1. The molecule has 0 atom stereocenters. The smallest absolute Gasteiger partial charge is 0.266 e. The first-order valence-electron chi connectivity index (χ1n) is 12.1. The Kier molecular flexibility index (Phi) is 8.19. The maximum Gasteiger partial charge on any atom is 0.266 e. The molecule has 3 aromatic rings. The number of thiazole rings is 1. The lowest BCUT2D eigenvalue weighted by atomic mass is 10.0. The van der Waals surface area contributed by atoms with Gasteiger partial charge >= 0.3 is 0 Å². The van der Waals surface area contributed by atoms with Crippen molar-refractivity contribution in [2.45, 2.75) is 40.0 Å². The first-order chi connectivity index (χ1) is 16.4. The van der Waals surface area contributed by atoms with Crippen LogP contribution in [-0.2, 0) is 9.53 Å². The molecule has 0 spiro atoms. The number of hydrogen-bond acceptors (Lipinski definition) is 6. The van der Waals surface area contributed by atoms with E-state index in [9.17, 15) is 4.79 Å². The van der Waals surface area contributed by atoms with Crippen molar-refractivity contribution >= 4 is 32.6 Å². The van der Waals surface area contributed by atoms with Crippen LogP contribution in [0.15, 0.2) is 36.4 Å². The Morgan fingerprint density at radius 2 is 1.88 bits per heavy atom. The van der Waals surface area contributed by atoms with Crippen LogP contribution in [0.25, 0.3) is 10.2 Å². The van der Waals surface area contributed by atoms with E-state index in [0.717, 1.165) is 54.6 Å². The van der Waals surface area contributed by atoms with Crippen LogP contribution in [-0.4, -0.2) is 61.8 Å². The molecule has 1 aliphatic heterocycles. The van der Waals surface area contributed by atoms with Gasteiger partial charge in [-0.1, -0.05) is 43.4 Å². The molecule has 1 saturated heterocycles. The number of aryl methyl sites for hydroxylation is 2. The molecule has 2 aromatic carbocycles. The molecule has 34 heavy (non-hydrogen) atoms. The molecule has 1 aliphatic rings. The third kappa shape index (κ3) is 5.95. The molecule has 1 fully saturated rings. The van der Waals surface area contributed by atoms with E-state index >= 15 is 0 Å². The van der Waals surface area contributed by atoms with Crippen LogP contribution in [0.2, 0.25) is 0 Å². The van der Waals surface area contributed by atoms with E-state index in [0.29, 0.717) is 18.2 Å². The van der Waals surface area contributed by atoms with E-state index in [1.807, 2.05) is 17.0 Å². The van der Waals surface area contributed by atoms with Crippen LogP contribution >= 0.6 is 11.3 Å². The standard InChI is InChI=1S/C27H35N3O3S/c1-19(2)22-7-9-23(10-8-22)33-18-25(31)30(13-5-12-29-14-16-32-17-15-29)27-28-26-21(4)20(3)6-11-24(26)34-27/h6-11,19H,5,12-18H2,1-4H3. The second-order valence-corrected chi connectivity index (χ2v) is 10.2. The largest absolute Gasteiger partial charge is 0.484 e. The molecule has 0 bridgehead atoms. The summed E-state index contributed by atoms with van der Waals surface area (Å²) in [5.41, 5.74) is 4.62. The summed E-state index contributed by atoms with van der Waals surface area (Å²) in [7, 11) is 0. The quantitative estimate of drug-likeness (QED) is 0.422. The fraction of sp³-hybridized carbons (Fsp3) is 0.481. The molecule has 0 unspecified atom stereocenters. The Labute approximate surface area is 206 Å². The maximum atomic E-state index is 13.3. The summed E-state index contributed by atoms with van der Waals surface area (Å²) < 4.78 is 12.4. The van der Waals surface area contributed by atoms with Gasteiger partial charge in [-0.2, -0.15) is 0 Å². The third-order valence-corrected chi connectivity index (χ3v) is 7.52. The molecule has 1 amide bonds. The van der Waals surface area contributed by atoms with Gasteiger partial charge in [-0.25, -0.2) is 4.98 Å². The minimum Gasteiger partial charge on any atom is -0.484 e. The molecule has 0 radical (unpaired) electrons. The number of aromatic nitrogens is 1. The van der Waals surface area contributed by atoms with E-state index in [2.05, 4.69) is 56.9 Å². The van der Waals surface area contributed by atoms with Crippen molar-refractivity contribution in [3.63, 3.8) is 0 Å². The molecule has 182 valence electrons. The van der Waals surface area contributed by atoms with Crippen LogP contribution in [0.1, 0.15) is 42.9 Å². The van der Waals surface area contributed by atoms with Crippen LogP contribution < -0.4 is 9.64 Å². The topological polar surface area (TPSA) is 54.9 Å². The minimum atomic E-state index is -0.0663. The van der Waals surface area contributed by atoms with E-state index in [1.165, 1.54) is 16.7 Å².